The molecule has 1 unspecified atom stereocenters. The second-order valence-electron chi connectivity index (χ2n) is 2.75. The third-order valence-corrected chi connectivity index (χ3v) is 1.61. The molecular weight excluding hydrogens is 188 g/mol. The van der Waals surface area contributed by atoms with Crippen LogP contribution >= 0.6 is 0 Å². The summed E-state index contributed by atoms with van der Waals surface area (Å²) >= 11 is 0. The van der Waals surface area contributed by atoms with Crippen LogP contribution in [-0.4, -0.2) is 6.29 Å². The monoisotopic (exact) mass is 208 g/mol. The summed E-state index contributed by atoms with van der Waals surface area (Å²) in [5.74, 6) is 0.759. The van der Waals surface area contributed by atoms with Crippen LogP contribution in [0.1, 0.15) is 27.7 Å². The van der Waals surface area contributed by atoms with Crippen LogP contribution in [0.2, 0.25) is 0 Å². The highest BCUT2D eigenvalue weighted by atomic mass is 16.7. The summed E-state index contributed by atoms with van der Waals surface area (Å²) < 4.78 is 10.6. The van der Waals surface area contributed by atoms with Gasteiger partial charge in [0.05, 0.1) is 6.26 Å². The summed E-state index contributed by atoms with van der Waals surface area (Å²) in [6.45, 7) is 11.5. The second kappa shape index (κ2) is 7.92. The van der Waals surface area contributed by atoms with E-state index in [1.807, 2.05) is 39.8 Å². The number of ether oxygens (including phenoxy) is 2. The van der Waals surface area contributed by atoms with Crippen molar-refractivity contribution in [2.45, 2.75) is 34.0 Å². The summed E-state index contributed by atoms with van der Waals surface area (Å²) in [5.41, 5.74) is 1.10. The van der Waals surface area contributed by atoms with Gasteiger partial charge in [-0.3, -0.25) is 0 Å². The van der Waals surface area contributed by atoms with Crippen molar-refractivity contribution in [1.82, 2.24) is 0 Å². The topological polar surface area (TPSA) is 18.5 Å². The van der Waals surface area contributed by atoms with Gasteiger partial charge in [0, 0.05) is 5.57 Å². The lowest BCUT2D eigenvalue weighted by Crippen LogP contribution is -2.23. The van der Waals surface area contributed by atoms with Crippen LogP contribution < -0.4 is 0 Å². The summed E-state index contributed by atoms with van der Waals surface area (Å²) in [6.07, 6.45) is 8.74. The fourth-order valence-electron chi connectivity index (χ4n) is 0.919. The van der Waals surface area contributed by atoms with Gasteiger partial charge in [-0.2, -0.15) is 0 Å². The van der Waals surface area contributed by atoms with E-state index >= 15 is 0 Å². The molecule has 0 N–H and O–H groups in total. The van der Waals surface area contributed by atoms with Crippen LogP contribution in [0, 0.1) is 0 Å². The molecule has 1 heterocycles. The van der Waals surface area contributed by atoms with E-state index in [4.69, 9.17) is 9.47 Å². The van der Waals surface area contributed by atoms with Gasteiger partial charge in [-0.05, 0) is 26.0 Å². The molecule has 0 aliphatic carbocycles. The third kappa shape index (κ3) is 4.54. The molecule has 0 spiro atoms. The Morgan fingerprint density at radius 1 is 1.53 bits per heavy atom. The average molecular weight is 208 g/mol. The largest absolute Gasteiger partial charge is 0.458 e. The average Bonchev–Trinajstić information content (AvgIpc) is 2.27. The van der Waals surface area contributed by atoms with Crippen molar-refractivity contribution in [3.8, 4) is 0 Å². The van der Waals surface area contributed by atoms with Gasteiger partial charge in [-0.15, -0.1) is 0 Å². The number of rotatable bonds is 4. The van der Waals surface area contributed by atoms with Gasteiger partial charge < -0.3 is 9.47 Å². The first kappa shape index (κ1) is 13.6. The summed E-state index contributed by atoms with van der Waals surface area (Å²) in [6, 6.07) is 0. The zero-order chi connectivity index (χ0) is 11.7. The minimum absolute atomic E-state index is 0.220. The normalized spacial score (nSPS) is 19.3. The van der Waals surface area contributed by atoms with Crippen LogP contribution in [-0.2, 0) is 9.47 Å². The number of hydrogen-bond acceptors (Lipinski definition) is 2. The van der Waals surface area contributed by atoms with Crippen molar-refractivity contribution in [2.75, 3.05) is 0 Å². The molecule has 2 heteroatoms. The van der Waals surface area contributed by atoms with Crippen LogP contribution in [0.4, 0.5) is 0 Å². The van der Waals surface area contributed by atoms with E-state index < -0.39 is 0 Å². The van der Waals surface area contributed by atoms with Crippen molar-refractivity contribution >= 4 is 0 Å². The Balaban J connectivity index is 0.000000921. The first-order valence-electron chi connectivity index (χ1n) is 5.22. The third-order valence-electron chi connectivity index (χ3n) is 1.61. The van der Waals surface area contributed by atoms with E-state index in [0.717, 1.165) is 11.3 Å². The maximum Gasteiger partial charge on any atom is 0.265 e. The molecule has 0 aromatic heterocycles. The maximum atomic E-state index is 5.49. The molecule has 0 aromatic carbocycles. The number of hydrogen-bond donors (Lipinski definition) is 0. The minimum Gasteiger partial charge on any atom is -0.458 e. The van der Waals surface area contributed by atoms with E-state index in [-0.39, 0.29) is 6.29 Å². The molecule has 0 fully saturated rings. The summed E-state index contributed by atoms with van der Waals surface area (Å²) in [7, 11) is 0. The van der Waals surface area contributed by atoms with Gasteiger partial charge >= 0.3 is 0 Å². The summed E-state index contributed by atoms with van der Waals surface area (Å²) in [4.78, 5) is 0. The van der Waals surface area contributed by atoms with Gasteiger partial charge in [-0.25, -0.2) is 0 Å². The predicted octanol–water partition coefficient (Wildman–Crippen LogP) is 3.94. The first-order valence-corrected chi connectivity index (χ1v) is 5.22. The standard InChI is InChI=1S/C11H14O2.C2H6/c1-4-6-10(7-5-2)13-11-9(3)8-12-11;1-2/h4-8,11H,1H2,2-3H3;1-2H3/b7-5-,10-6+;. The van der Waals surface area contributed by atoms with Gasteiger partial charge in [0.2, 0.25) is 0 Å². The highest BCUT2D eigenvalue weighted by molar-refractivity contribution is 5.19. The molecule has 0 saturated heterocycles. The maximum absolute atomic E-state index is 5.49. The second-order valence-corrected chi connectivity index (χ2v) is 2.75. The van der Waals surface area contributed by atoms with Gasteiger partial charge in [0.15, 0.2) is 0 Å². The highest BCUT2D eigenvalue weighted by Crippen LogP contribution is 2.21. The lowest BCUT2D eigenvalue weighted by Gasteiger charge is -2.26. The van der Waals surface area contributed by atoms with Gasteiger partial charge in [0.25, 0.3) is 6.29 Å². The van der Waals surface area contributed by atoms with Crippen molar-refractivity contribution in [1.29, 1.82) is 0 Å². The molecule has 0 amide bonds. The lowest BCUT2D eigenvalue weighted by atomic mass is 10.2. The molecule has 0 saturated carbocycles. The van der Waals surface area contributed by atoms with E-state index in [1.54, 1.807) is 18.4 Å². The number of allylic oxidation sites excluding steroid dienone is 4. The molecule has 1 aliphatic heterocycles. The van der Waals surface area contributed by atoms with Crippen molar-refractivity contribution < 1.29 is 9.47 Å². The first-order chi connectivity index (χ1) is 7.27. The lowest BCUT2D eigenvalue weighted by molar-refractivity contribution is -0.0768. The van der Waals surface area contributed by atoms with Crippen LogP contribution in [0.5, 0.6) is 0 Å². The van der Waals surface area contributed by atoms with Crippen LogP contribution in [0.15, 0.2) is 48.5 Å². The zero-order valence-corrected chi connectivity index (χ0v) is 9.99. The van der Waals surface area contributed by atoms with Gasteiger partial charge in [0.1, 0.15) is 5.76 Å². The highest BCUT2D eigenvalue weighted by Gasteiger charge is 2.20. The van der Waals surface area contributed by atoms with E-state index in [0.29, 0.717) is 0 Å². The molecular formula is C13H20O2. The Kier molecular flexibility index (Phi) is 7.16. The Bertz CT molecular complexity index is 272. The quantitative estimate of drug-likeness (QED) is 0.514. The van der Waals surface area contributed by atoms with Crippen molar-refractivity contribution in [3.63, 3.8) is 0 Å². The molecule has 1 aliphatic rings. The predicted molar refractivity (Wildman–Crippen MR) is 64.2 cm³/mol. The smallest absolute Gasteiger partial charge is 0.265 e. The van der Waals surface area contributed by atoms with Gasteiger partial charge in [-0.1, -0.05) is 32.6 Å². The molecule has 0 bridgehead atoms. The molecule has 15 heavy (non-hydrogen) atoms. The summed E-state index contributed by atoms with van der Waals surface area (Å²) in [5, 5.41) is 0. The van der Waals surface area contributed by atoms with Crippen molar-refractivity contribution in [2.24, 2.45) is 0 Å². The Labute approximate surface area is 92.6 Å². The zero-order valence-electron chi connectivity index (χ0n) is 9.99. The van der Waals surface area contributed by atoms with Crippen LogP contribution in [0.25, 0.3) is 0 Å². The molecule has 0 aromatic rings. The molecule has 1 atom stereocenters. The minimum atomic E-state index is -0.220. The molecule has 0 radical (unpaired) electrons. The van der Waals surface area contributed by atoms with E-state index in [1.165, 1.54) is 0 Å². The molecule has 1 rings (SSSR count). The van der Waals surface area contributed by atoms with Crippen molar-refractivity contribution in [3.05, 3.63) is 48.5 Å². The Morgan fingerprint density at radius 2 is 2.20 bits per heavy atom. The molecule has 84 valence electrons. The Morgan fingerprint density at radius 3 is 2.53 bits per heavy atom. The SMILES string of the molecule is C=C/C=C(\C=C/C)OC1OC=C1C.CC. The van der Waals surface area contributed by atoms with Crippen LogP contribution in [0.3, 0.4) is 0 Å². The Hall–Kier alpha value is -1.44. The fourth-order valence-corrected chi connectivity index (χ4v) is 0.919. The van der Waals surface area contributed by atoms with E-state index in [2.05, 4.69) is 6.58 Å². The molecule has 2 nitrogen and oxygen atoms in total. The van der Waals surface area contributed by atoms with E-state index in [9.17, 15) is 0 Å². The fraction of sp³-hybridized carbons (Fsp3) is 0.385.